The fourth-order valence-electron chi connectivity index (χ4n) is 1.57. The smallest absolute Gasteiger partial charge is 0.260 e. The summed E-state index contributed by atoms with van der Waals surface area (Å²) in [5.74, 6) is -0.971. The zero-order valence-electron chi connectivity index (χ0n) is 10.9. The highest BCUT2D eigenvalue weighted by Crippen LogP contribution is 2.14. The normalized spacial score (nSPS) is 13.8. The summed E-state index contributed by atoms with van der Waals surface area (Å²) in [6, 6.07) is 3.09. The molecule has 1 heterocycles. The summed E-state index contributed by atoms with van der Waals surface area (Å²) in [7, 11) is 0. The van der Waals surface area contributed by atoms with Gasteiger partial charge in [0.1, 0.15) is 0 Å². The predicted octanol–water partition coefficient (Wildman–Crippen LogP) is 2.29. The molecule has 0 spiro atoms. The summed E-state index contributed by atoms with van der Waals surface area (Å²) in [4.78, 5) is 15.2. The standard InChI is InChI=1S/C13H19FN2O2/c1-4-6-9(2)16-13(17)10(3)18-11-7-5-8-15-12(11)14/h5,7-10H,4,6H2,1-3H3,(H,16,17). The van der Waals surface area contributed by atoms with Crippen LogP contribution in [0.2, 0.25) is 0 Å². The Morgan fingerprint density at radius 3 is 2.89 bits per heavy atom. The van der Waals surface area contributed by atoms with Gasteiger partial charge in [0.25, 0.3) is 11.9 Å². The minimum Gasteiger partial charge on any atom is -0.476 e. The fraction of sp³-hybridized carbons (Fsp3) is 0.538. The van der Waals surface area contributed by atoms with Crippen molar-refractivity contribution in [1.29, 1.82) is 0 Å². The molecule has 0 aliphatic rings. The van der Waals surface area contributed by atoms with Gasteiger partial charge in [0.05, 0.1) is 0 Å². The molecule has 4 nitrogen and oxygen atoms in total. The van der Waals surface area contributed by atoms with Crippen LogP contribution in [-0.2, 0) is 4.79 Å². The van der Waals surface area contributed by atoms with Crippen LogP contribution in [0.4, 0.5) is 4.39 Å². The van der Waals surface area contributed by atoms with Gasteiger partial charge in [-0.05, 0) is 32.4 Å². The summed E-state index contributed by atoms with van der Waals surface area (Å²) in [5.41, 5.74) is 0. The highest BCUT2D eigenvalue weighted by atomic mass is 19.1. The molecular weight excluding hydrogens is 235 g/mol. The van der Waals surface area contributed by atoms with Gasteiger partial charge < -0.3 is 10.1 Å². The molecule has 1 rings (SSSR count). The zero-order chi connectivity index (χ0) is 13.5. The fourth-order valence-corrected chi connectivity index (χ4v) is 1.57. The second-order valence-corrected chi connectivity index (χ2v) is 4.25. The van der Waals surface area contributed by atoms with E-state index in [1.54, 1.807) is 13.0 Å². The molecule has 100 valence electrons. The third-order valence-corrected chi connectivity index (χ3v) is 2.51. The van der Waals surface area contributed by atoms with Crippen molar-refractivity contribution >= 4 is 5.91 Å². The molecule has 0 aromatic carbocycles. The summed E-state index contributed by atoms with van der Waals surface area (Å²) in [5, 5.41) is 2.81. The van der Waals surface area contributed by atoms with E-state index in [4.69, 9.17) is 4.74 Å². The van der Waals surface area contributed by atoms with E-state index in [9.17, 15) is 9.18 Å². The zero-order valence-corrected chi connectivity index (χ0v) is 10.9. The second kappa shape index (κ2) is 6.93. The third kappa shape index (κ3) is 4.31. The Labute approximate surface area is 107 Å². The number of hydrogen-bond acceptors (Lipinski definition) is 3. The average molecular weight is 254 g/mol. The SMILES string of the molecule is CCCC(C)NC(=O)C(C)Oc1cccnc1F. The van der Waals surface area contributed by atoms with Gasteiger partial charge in [-0.15, -0.1) is 0 Å². The molecular formula is C13H19FN2O2. The van der Waals surface area contributed by atoms with Crippen molar-refractivity contribution in [2.75, 3.05) is 0 Å². The molecule has 1 amide bonds. The number of nitrogens with one attached hydrogen (secondary N) is 1. The molecule has 0 aliphatic heterocycles. The number of hydrogen-bond donors (Lipinski definition) is 1. The number of nitrogens with zero attached hydrogens (tertiary/aromatic N) is 1. The Morgan fingerprint density at radius 1 is 1.56 bits per heavy atom. The average Bonchev–Trinajstić information content (AvgIpc) is 2.32. The van der Waals surface area contributed by atoms with Gasteiger partial charge >= 0.3 is 0 Å². The first-order chi connectivity index (χ1) is 8.54. The molecule has 2 atom stereocenters. The first-order valence-corrected chi connectivity index (χ1v) is 6.12. The number of rotatable bonds is 6. The molecule has 0 fully saturated rings. The molecule has 0 saturated heterocycles. The predicted molar refractivity (Wildman–Crippen MR) is 66.8 cm³/mol. The minimum absolute atomic E-state index is 0.0108. The highest BCUT2D eigenvalue weighted by molar-refractivity contribution is 5.80. The van der Waals surface area contributed by atoms with Crippen LogP contribution >= 0.6 is 0 Å². The van der Waals surface area contributed by atoms with E-state index in [2.05, 4.69) is 10.3 Å². The molecule has 0 aliphatic carbocycles. The number of amides is 1. The van der Waals surface area contributed by atoms with E-state index in [0.29, 0.717) is 0 Å². The number of carbonyl (C=O) groups is 1. The lowest BCUT2D eigenvalue weighted by atomic mass is 10.2. The van der Waals surface area contributed by atoms with Crippen molar-refractivity contribution in [1.82, 2.24) is 10.3 Å². The lowest BCUT2D eigenvalue weighted by molar-refractivity contribution is -0.128. The summed E-state index contributed by atoms with van der Waals surface area (Å²) in [6.45, 7) is 5.56. The van der Waals surface area contributed by atoms with Crippen LogP contribution in [0.15, 0.2) is 18.3 Å². The van der Waals surface area contributed by atoms with Gasteiger partial charge in [0.2, 0.25) is 0 Å². The van der Waals surface area contributed by atoms with Crippen molar-refractivity contribution in [3.63, 3.8) is 0 Å². The number of carbonyl (C=O) groups excluding carboxylic acids is 1. The van der Waals surface area contributed by atoms with E-state index in [-0.39, 0.29) is 17.7 Å². The lowest BCUT2D eigenvalue weighted by Crippen LogP contribution is -2.41. The maximum atomic E-state index is 13.2. The molecule has 0 saturated carbocycles. The molecule has 18 heavy (non-hydrogen) atoms. The van der Waals surface area contributed by atoms with Crippen LogP contribution in [0.5, 0.6) is 5.75 Å². The van der Waals surface area contributed by atoms with Crippen molar-refractivity contribution in [3.8, 4) is 5.75 Å². The van der Waals surface area contributed by atoms with Gasteiger partial charge in [-0.1, -0.05) is 13.3 Å². The maximum Gasteiger partial charge on any atom is 0.260 e. The van der Waals surface area contributed by atoms with E-state index >= 15 is 0 Å². The summed E-state index contributed by atoms with van der Waals surface area (Å²) >= 11 is 0. The number of aromatic nitrogens is 1. The van der Waals surface area contributed by atoms with E-state index in [1.165, 1.54) is 12.3 Å². The summed E-state index contributed by atoms with van der Waals surface area (Å²) in [6.07, 6.45) is 2.48. The number of ether oxygens (including phenoxy) is 1. The van der Waals surface area contributed by atoms with E-state index < -0.39 is 12.1 Å². The van der Waals surface area contributed by atoms with Gasteiger partial charge in [-0.2, -0.15) is 4.39 Å². The van der Waals surface area contributed by atoms with Crippen LogP contribution in [-0.4, -0.2) is 23.0 Å². The third-order valence-electron chi connectivity index (χ3n) is 2.51. The quantitative estimate of drug-likeness (QED) is 0.792. The summed E-state index contributed by atoms with van der Waals surface area (Å²) < 4.78 is 18.5. The van der Waals surface area contributed by atoms with Crippen LogP contribution in [0.25, 0.3) is 0 Å². The Hall–Kier alpha value is -1.65. The Bertz CT molecular complexity index is 398. The molecule has 0 bridgehead atoms. The van der Waals surface area contributed by atoms with Crippen LogP contribution < -0.4 is 10.1 Å². The maximum absolute atomic E-state index is 13.2. The molecule has 1 aromatic heterocycles. The Morgan fingerprint density at radius 2 is 2.28 bits per heavy atom. The largest absolute Gasteiger partial charge is 0.476 e. The van der Waals surface area contributed by atoms with Gasteiger partial charge in [0.15, 0.2) is 11.9 Å². The van der Waals surface area contributed by atoms with Crippen molar-refractivity contribution < 1.29 is 13.9 Å². The van der Waals surface area contributed by atoms with Gasteiger partial charge in [0, 0.05) is 12.2 Å². The first kappa shape index (κ1) is 14.4. The monoisotopic (exact) mass is 254 g/mol. The van der Waals surface area contributed by atoms with Crippen molar-refractivity contribution in [3.05, 3.63) is 24.3 Å². The molecule has 2 unspecified atom stereocenters. The second-order valence-electron chi connectivity index (χ2n) is 4.25. The number of pyridine rings is 1. The van der Waals surface area contributed by atoms with E-state index in [1.807, 2.05) is 13.8 Å². The first-order valence-electron chi connectivity index (χ1n) is 6.12. The molecule has 1 aromatic rings. The van der Waals surface area contributed by atoms with E-state index in [0.717, 1.165) is 12.8 Å². The highest BCUT2D eigenvalue weighted by Gasteiger charge is 2.18. The van der Waals surface area contributed by atoms with Gasteiger partial charge in [-0.3, -0.25) is 4.79 Å². The van der Waals surface area contributed by atoms with Crippen LogP contribution in [0, 0.1) is 5.95 Å². The number of halogens is 1. The van der Waals surface area contributed by atoms with Crippen molar-refractivity contribution in [2.45, 2.75) is 45.8 Å². The molecule has 1 N–H and O–H groups in total. The molecule has 0 radical (unpaired) electrons. The lowest BCUT2D eigenvalue weighted by Gasteiger charge is -2.18. The minimum atomic E-state index is -0.747. The van der Waals surface area contributed by atoms with Crippen LogP contribution in [0.3, 0.4) is 0 Å². The van der Waals surface area contributed by atoms with Gasteiger partial charge in [-0.25, -0.2) is 4.98 Å². The Balaban J connectivity index is 2.52. The topological polar surface area (TPSA) is 51.2 Å². The van der Waals surface area contributed by atoms with Crippen molar-refractivity contribution in [2.24, 2.45) is 0 Å². The van der Waals surface area contributed by atoms with Crippen LogP contribution in [0.1, 0.15) is 33.6 Å². The molecule has 5 heteroatoms. The Kier molecular flexibility index (Phi) is 5.55.